The minimum Gasteiger partial charge on any atom is -0.493 e. The largest absolute Gasteiger partial charge is 0.493 e. The second kappa shape index (κ2) is 8.33. The number of benzene rings is 2. The van der Waals surface area contributed by atoms with Crippen molar-refractivity contribution in [2.45, 2.75) is 25.1 Å². The number of ether oxygens (including phenoxy) is 2. The topological polar surface area (TPSA) is 64.6 Å². The Balaban J connectivity index is 1.51. The van der Waals surface area contributed by atoms with E-state index in [0.717, 1.165) is 17.7 Å². The van der Waals surface area contributed by atoms with E-state index >= 15 is 0 Å². The van der Waals surface area contributed by atoms with Crippen molar-refractivity contribution in [1.82, 2.24) is 5.32 Å². The van der Waals surface area contributed by atoms with E-state index < -0.39 is 30.2 Å². The summed E-state index contributed by atoms with van der Waals surface area (Å²) < 4.78 is 48.5. The minimum absolute atomic E-state index is 0.165. The molecule has 0 bridgehead atoms. The van der Waals surface area contributed by atoms with Crippen molar-refractivity contribution < 1.29 is 32.2 Å². The number of hydrogen-bond acceptors (Lipinski definition) is 4. The van der Waals surface area contributed by atoms with Crippen molar-refractivity contribution in [1.29, 1.82) is 0 Å². The monoisotopic (exact) mass is 393 g/mol. The van der Waals surface area contributed by atoms with E-state index in [1.165, 1.54) is 12.1 Å². The van der Waals surface area contributed by atoms with E-state index in [1.54, 1.807) is 0 Å². The Hall–Kier alpha value is -3.03. The number of carbonyl (C=O) groups excluding carboxylic acids is 2. The summed E-state index contributed by atoms with van der Waals surface area (Å²) in [7, 11) is 0. The molecule has 1 heterocycles. The predicted molar refractivity (Wildman–Crippen MR) is 93.5 cm³/mol. The highest BCUT2D eigenvalue weighted by Gasteiger charge is 2.30. The van der Waals surface area contributed by atoms with E-state index in [2.05, 4.69) is 5.32 Å². The number of carbonyl (C=O) groups is 2. The molecule has 0 saturated carbocycles. The third-order valence-electron chi connectivity index (χ3n) is 4.26. The first-order valence-electron chi connectivity index (χ1n) is 8.66. The van der Waals surface area contributed by atoms with Crippen LogP contribution in [0.4, 0.5) is 13.2 Å². The molecule has 1 aliphatic rings. The van der Waals surface area contributed by atoms with Crippen LogP contribution in [0.1, 0.15) is 29.2 Å². The van der Waals surface area contributed by atoms with E-state index in [1.807, 2.05) is 24.3 Å². The Labute approximate surface area is 159 Å². The molecular formula is C20H18F3NO4. The number of halogens is 3. The average Bonchev–Trinajstić information content (AvgIpc) is 2.66. The first-order valence-corrected chi connectivity index (χ1v) is 8.66. The molecule has 0 saturated heterocycles. The molecule has 1 aliphatic heterocycles. The summed E-state index contributed by atoms with van der Waals surface area (Å²) in [5.74, 6) is -0.568. The quantitative estimate of drug-likeness (QED) is 0.791. The molecule has 0 radical (unpaired) electrons. The predicted octanol–water partition coefficient (Wildman–Crippen LogP) is 3.43. The molecule has 1 N–H and O–H groups in total. The molecule has 8 heteroatoms. The van der Waals surface area contributed by atoms with Crippen LogP contribution in [0.5, 0.6) is 5.75 Å². The molecule has 2 aromatic rings. The van der Waals surface area contributed by atoms with Gasteiger partial charge in [0.1, 0.15) is 5.75 Å². The van der Waals surface area contributed by atoms with Crippen LogP contribution >= 0.6 is 0 Å². The van der Waals surface area contributed by atoms with Gasteiger partial charge in [-0.15, -0.1) is 0 Å². The summed E-state index contributed by atoms with van der Waals surface area (Å²) in [6.45, 7) is -0.0470. The molecule has 2 aromatic carbocycles. The van der Waals surface area contributed by atoms with Crippen LogP contribution in [-0.4, -0.2) is 25.1 Å². The lowest BCUT2D eigenvalue weighted by Gasteiger charge is -2.26. The number of esters is 1. The maximum Gasteiger partial charge on any atom is 0.416 e. The van der Waals surface area contributed by atoms with Gasteiger partial charge < -0.3 is 14.8 Å². The number of hydrogen-bond donors (Lipinski definition) is 1. The van der Waals surface area contributed by atoms with Crippen LogP contribution in [0, 0.1) is 0 Å². The van der Waals surface area contributed by atoms with Crippen LogP contribution in [0.15, 0.2) is 48.5 Å². The number of rotatable bonds is 5. The third-order valence-corrected chi connectivity index (χ3v) is 4.26. The standard InChI is InChI=1S/C20H18F3NO4/c21-20(22,23)14-5-3-4-13(10-14)11-19(26)28-12-18(25)24-16-8-9-27-17-7-2-1-6-15(16)17/h1-7,10,16H,8-9,11-12H2,(H,24,25). The SMILES string of the molecule is O=C(COC(=O)Cc1cccc(C(F)(F)F)c1)NC1CCOc2ccccc21. The molecule has 0 aromatic heterocycles. The summed E-state index contributed by atoms with van der Waals surface area (Å²) >= 11 is 0. The minimum atomic E-state index is -4.49. The van der Waals surface area contributed by atoms with E-state index in [9.17, 15) is 22.8 Å². The maximum absolute atomic E-state index is 12.7. The highest BCUT2D eigenvalue weighted by molar-refractivity contribution is 5.81. The van der Waals surface area contributed by atoms with Gasteiger partial charge in [0, 0.05) is 12.0 Å². The Morgan fingerprint density at radius 3 is 2.71 bits per heavy atom. The lowest BCUT2D eigenvalue weighted by Crippen LogP contribution is -2.35. The molecule has 1 amide bonds. The average molecular weight is 393 g/mol. The first-order chi connectivity index (χ1) is 13.3. The Kier molecular flexibility index (Phi) is 5.87. The lowest BCUT2D eigenvalue weighted by atomic mass is 10.0. The molecule has 28 heavy (non-hydrogen) atoms. The van der Waals surface area contributed by atoms with Gasteiger partial charge in [0.25, 0.3) is 5.91 Å². The highest BCUT2D eigenvalue weighted by Crippen LogP contribution is 2.31. The molecular weight excluding hydrogens is 375 g/mol. The zero-order chi connectivity index (χ0) is 20.1. The summed E-state index contributed by atoms with van der Waals surface area (Å²) in [6.07, 6.45) is -4.25. The lowest BCUT2D eigenvalue weighted by molar-refractivity contribution is -0.148. The fraction of sp³-hybridized carbons (Fsp3) is 0.300. The van der Waals surface area contributed by atoms with Gasteiger partial charge in [-0.2, -0.15) is 13.2 Å². The van der Waals surface area contributed by atoms with Crippen molar-refractivity contribution in [3.8, 4) is 5.75 Å². The number of nitrogens with one attached hydrogen (secondary N) is 1. The van der Waals surface area contributed by atoms with Crippen molar-refractivity contribution in [3.63, 3.8) is 0 Å². The van der Waals surface area contributed by atoms with Gasteiger partial charge >= 0.3 is 12.1 Å². The van der Waals surface area contributed by atoms with Crippen molar-refractivity contribution >= 4 is 11.9 Å². The van der Waals surface area contributed by atoms with Crippen molar-refractivity contribution in [2.24, 2.45) is 0 Å². The highest BCUT2D eigenvalue weighted by atomic mass is 19.4. The van der Waals surface area contributed by atoms with Crippen LogP contribution < -0.4 is 10.1 Å². The number of alkyl halides is 3. The zero-order valence-corrected chi connectivity index (χ0v) is 14.8. The number of para-hydroxylation sites is 1. The van der Waals surface area contributed by atoms with Crippen LogP contribution in [0.3, 0.4) is 0 Å². The second-order valence-electron chi connectivity index (χ2n) is 6.33. The second-order valence-corrected chi connectivity index (χ2v) is 6.33. The van der Waals surface area contributed by atoms with E-state index in [4.69, 9.17) is 9.47 Å². The fourth-order valence-corrected chi connectivity index (χ4v) is 2.95. The fourth-order valence-electron chi connectivity index (χ4n) is 2.95. The molecule has 0 fully saturated rings. The van der Waals surface area contributed by atoms with Crippen molar-refractivity contribution in [3.05, 3.63) is 65.2 Å². The molecule has 5 nitrogen and oxygen atoms in total. The zero-order valence-electron chi connectivity index (χ0n) is 14.8. The normalized spacial score (nSPS) is 15.9. The number of fused-ring (bicyclic) bond motifs is 1. The molecule has 3 rings (SSSR count). The molecule has 148 valence electrons. The van der Waals surface area contributed by atoms with Crippen molar-refractivity contribution in [2.75, 3.05) is 13.2 Å². The molecule has 1 unspecified atom stereocenters. The van der Waals surface area contributed by atoms with Crippen LogP contribution in [-0.2, 0) is 26.9 Å². The smallest absolute Gasteiger partial charge is 0.416 e. The number of amides is 1. The molecule has 1 atom stereocenters. The summed E-state index contributed by atoms with van der Waals surface area (Å²) in [4.78, 5) is 24.0. The van der Waals surface area contributed by atoms with Crippen LogP contribution in [0.2, 0.25) is 0 Å². The molecule has 0 spiro atoms. The van der Waals surface area contributed by atoms with E-state index in [0.29, 0.717) is 18.8 Å². The Morgan fingerprint density at radius 2 is 1.93 bits per heavy atom. The summed E-state index contributed by atoms with van der Waals surface area (Å²) in [6, 6.07) is 11.5. The third kappa shape index (κ3) is 5.03. The first kappa shape index (κ1) is 19.7. The van der Waals surface area contributed by atoms with Crippen LogP contribution in [0.25, 0.3) is 0 Å². The van der Waals surface area contributed by atoms with Gasteiger partial charge in [0.2, 0.25) is 0 Å². The summed E-state index contributed by atoms with van der Waals surface area (Å²) in [5.41, 5.74) is 0.171. The van der Waals surface area contributed by atoms with Gasteiger partial charge in [-0.1, -0.05) is 36.4 Å². The van der Waals surface area contributed by atoms with Gasteiger partial charge in [0.15, 0.2) is 6.61 Å². The van der Waals surface area contributed by atoms with Gasteiger partial charge in [-0.3, -0.25) is 9.59 Å². The molecule has 0 aliphatic carbocycles. The van der Waals surface area contributed by atoms with Gasteiger partial charge in [0.05, 0.1) is 24.6 Å². The summed E-state index contributed by atoms with van der Waals surface area (Å²) in [5, 5.41) is 2.78. The maximum atomic E-state index is 12.7. The van der Waals surface area contributed by atoms with Gasteiger partial charge in [-0.05, 0) is 17.7 Å². The van der Waals surface area contributed by atoms with E-state index in [-0.39, 0.29) is 18.0 Å². The van der Waals surface area contributed by atoms with Gasteiger partial charge in [-0.25, -0.2) is 0 Å². The Bertz CT molecular complexity index is 867. The Morgan fingerprint density at radius 1 is 1.14 bits per heavy atom.